The SMILES string of the molecule is CC/C=C\C/C=C\C/C=C\C/C=C\C/C=C\C/C=C\C/C=C\C/C=C\C/C=C\CCCCCCCCCCCCCCCC(=O)OC(COC(=O)CCCCCCCCCCCCCC/C=C\C/C=C\C/C=C\CCCCCCC)COC(OCC[N+](C)(C)C)C(=O)[O-]. The van der Waals surface area contributed by atoms with E-state index in [1.807, 2.05) is 21.1 Å². The Morgan fingerprint density at radius 1 is 0.333 bits per heavy atom. The fourth-order valence-electron chi connectivity index (χ4n) is 10.3. The van der Waals surface area contributed by atoms with E-state index in [-0.39, 0.29) is 38.6 Å². The number of rotatable bonds is 69. The second-order valence-electron chi connectivity index (χ2n) is 26.2. The standard InChI is InChI=1S/C84H141NO8/c1-6-8-10-12-14-16-18-20-22-24-26-28-30-32-34-35-36-37-38-39-40-41-42-43-44-45-46-47-49-51-53-55-57-59-61-63-65-67-69-71-73-75-82(87)93-80(79-92-84(83(88)89)90-77-76-85(3,4)5)78-91-81(86)74-72-70-68-66-64-62-60-58-56-54-52-50-48-33-31-29-27-25-23-21-19-17-15-13-11-9-7-2/h8,10,14,16,19-22,25-28,31-34,36-37,39-40,42-43,45-46,80,84H,6-7,9,11-13,15,17-18,23-24,29-30,35,38,41,44,47-79H2,1-5H3/b10-8-,16-14-,21-19-,22-20-,27-25-,28-26-,33-31-,34-32-,37-36-,40-39-,43-42-,46-45-. The molecule has 0 N–H and O–H groups in total. The molecule has 0 aliphatic heterocycles. The van der Waals surface area contributed by atoms with Crippen molar-refractivity contribution in [1.82, 2.24) is 0 Å². The van der Waals surface area contributed by atoms with Gasteiger partial charge in [0, 0.05) is 12.8 Å². The zero-order valence-electron chi connectivity index (χ0n) is 60.6. The number of allylic oxidation sites excluding steroid dienone is 24. The molecule has 0 aromatic rings. The van der Waals surface area contributed by atoms with Crippen molar-refractivity contribution in [3.05, 3.63) is 146 Å². The molecule has 2 atom stereocenters. The summed E-state index contributed by atoms with van der Waals surface area (Å²) in [5.74, 6) is -2.29. The molecule has 0 bridgehead atoms. The first-order chi connectivity index (χ1) is 45.6. The first-order valence-corrected chi connectivity index (χ1v) is 38.0. The first kappa shape index (κ1) is 88.2. The maximum absolute atomic E-state index is 13.0. The lowest BCUT2D eigenvalue weighted by atomic mass is 10.0. The normalized spacial score (nSPS) is 13.5. The van der Waals surface area contributed by atoms with Gasteiger partial charge in [-0.1, -0.05) is 320 Å². The summed E-state index contributed by atoms with van der Waals surface area (Å²) < 4.78 is 22.8. The lowest BCUT2D eigenvalue weighted by Crippen LogP contribution is -2.44. The number of hydrogen-bond donors (Lipinski definition) is 0. The molecule has 0 aromatic carbocycles. The van der Waals surface area contributed by atoms with Crippen molar-refractivity contribution in [3.63, 3.8) is 0 Å². The first-order valence-electron chi connectivity index (χ1n) is 38.0. The summed E-state index contributed by atoms with van der Waals surface area (Å²) >= 11 is 0. The van der Waals surface area contributed by atoms with E-state index in [0.717, 1.165) is 109 Å². The Balaban J connectivity index is 4.10. The van der Waals surface area contributed by atoms with Gasteiger partial charge in [-0.15, -0.1) is 0 Å². The third kappa shape index (κ3) is 74.4. The van der Waals surface area contributed by atoms with Gasteiger partial charge >= 0.3 is 11.9 Å². The largest absolute Gasteiger partial charge is 0.545 e. The highest BCUT2D eigenvalue weighted by Crippen LogP contribution is 2.17. The van der Waals surface area contributed by atoms with Crippen LogP contribution < -0.4 is 5.11 Å². The van der Waals surface area contributed by atoms with Gasteiger partial charge in [0.1, 0.15) is 13.2 Å². The number of aliphatic carboxylic acids is 1. The van der Waals surface area contributed by atoms with Crippen molar-refractivity contribution in [2.24, 2.45) is 0 Å². The Morgan fingerprint density at radius 3 is 0.914 bits per heavy atom. The molecule has 93 heavy (non-hydrogen) atoms. The van der Waals surface area contributed by atoms with Crippen LogP contribution in [-0.4, -0.2) is 82.3 Å². The third-order valence-electron chi connectivity index (χ3n) is 16.1. The zero-order chi connectivity index (χ0) is 67.5. The number of quaternary nitrogens is 1. The van der Waals surface area contributed by atoms with Crippen LogP contribution >= 0.6 is 0 Å². The molecular weight excluding hydrogens is 1150 g/mol. The molecule has 0 aliphatic carbocycles. The minimum atomic E-state index is -1.63. The van der Waals surface area contributed by atoms with Crippen LogP contribution in [0.25, 0.3) is 0 Å². The number of carboxylic acid groups (broad SMARTS) is 1. The summed E-state index contributed by atoms with van der Waals surface area (Å²) in [6, 6.07) is 0. The Bertz CT molecular complexity index is 2040. The summed E-state index contributed by atoms with van der Waals surface area (Å²) in [7, 11) is 5.93. The van der Waals surface area contributed by atoms with Gasteiger partial charge in [0.05, 0.1) is 40.3 Å². The molecule has 0 heterocycles. The Hall–Kier alpha value is -4.83. The molecule has 2 unspecified atom stereocenters. The minimum absolute atomic E-state index is 0.142. The molecule has 0 radical (unpaired) electrons. The quantitative estimate of drug-likeness (QED) is 0.0195. The van der Waals surface area contributed by atoms with Crippen LogP contribution in [-0.2, 0) is 33.3 Å². The van der Waals surface area contributed by atoms with Crippen LogP contribution in [0.1, 0.15) is 309 Å². The molecule has 0 aliphatic rings. The van der Waals surface area contributed by atoms with Crippen molar-refractivity contribution in [3.8, 4) is 0 Å². The van der Waals surface area contributed by atoms with Gasteiger partial charge < -0.3 is 33.3 Å². The molecule has 9 nitrogen and oxygen atoms in total. The van der Waals surface area contributed by atoms with E-state index in [1.54, 1.807) is 0 Å². The van der Waals surface area contributed by atoms with Gasteiger partial charge in [-0.3, -0.25) is 9.59 Å². The smallest absolute Gasteiger partial charge is 0.306 e. The highest BCUT2D eigenvalue weighted by atomic mass is 16.7. The molecular formula is C84H141NO8. The fourth-order valence-corrected chi connectivity index (χ4v) is 10.3. The minimum Gasteiger partial charge on any atom is -0.545 e. The average Bonchev–Trinajstić information content (AvgIpc) is 3.38. The summed E-state index contributed by atoms with van der Waals surface area (Å²) in [6.45, 7) is 4.63. The van der Waals surface area contributed by atoms with Crippen LogP contribution in [0.15, 0.2) is 146 Å². The van der Waals surface area contributed by atoms with Crippen LogP contribution in [0, 0.1) is 0 Å². The van der Waals surface area contributed by atoms with Gasteiger partial charge in [-0.05, 0) is 122 Å². The highest BCUT2D eigenvalue weighted by molar-refractivity contribution is 5.70. The highest BCUT2D eigenvalue weighted by Gasteiger charge is 2.22. The molecule has 0 saturated carbocycles. The molecule has 530 valence electrons. The average molecular weight is 1290 g/mol. The zero-order valence-corrected chi connectivity index (χ0v) is 60.6. The maximum atomic E-state index is 13.0. The number of hydrogen-bond acceptors (Lipinski definition) is 8. The Morgan fingerprint density at radius 2 is 0.613 bits per heavy atom. The van der Waals surface area contributed by atoms with E-state index < -0.39 is 24.3 Å². The van der Waals surface area contributed by atoms with E-state index in [9.17, 15) is 19.5 Å². The van der Waals surface area contributed by atoms with Crippen molar-refractivity contribution >= 4 is 17.9 Å². The van der Waals surface area contributed by atoms with Crippen LogP contribution in [0.4, 0.5) is 0 Å². The monoisotopic (exact) mass is 1290 g/mol. The number of nitrogens with zero attached hydrogens (tertiary/aromatic N) is 1. The van der Waals surface area contributed by atoms with E-state index in [0.29, 0.717) is 17.4 Å². The van der Waals surface area contributed by atoms with Crippen molar-refractivity contribution in [2.75, 3.05) is 47.5 Å². The van der Waals surface area contributed by atoms with Gasteiger partial charge in [-0.25, -0.2) is 0 Å². The molecule has 9 heteroatoms. The molecule has 0 spiro atoms. The lowest BCUT2D eigenvalue weighted by molar-refractivity contribution is -0.870. The molecule has 0 amide bonds. The second kappa shape index (κ2) is 73.0. The summed E-state index contributed by atoms with van der Waals surface area (Å²) in [5, 5.41) is 11.8. The molecule has 0 aromatic heterocycles. The number of carbonyl (C=O) groups is 3. The Kier molecular flexibility index (Phi) is 69.2. The summed E-state index contributed by atoms with van der Waals surface area (Å²) in [6.07, 6.45) is 104. The van der Waals surface area contributed by atoms with Crippen molar-refractivity contribution in [2.45, 2.75) is 322 Å². The van der Waals surface area contributed by atoms with Gasteiger partial charge in [0.2, 0.25) is 0 Å². The van der Waals surface area contributed by atoms with E-state index in [2.05, 4.69) is 160 Å². The summed E-state index contributed by atoms with van der Waals surface area (Å²) in [4.78, 5) is 37.6. The number of likely N-dealkylation sites (N-methyl/N-ethyl adjacent to an activating group) is 1. The molecule has 0 rings (SSSR count). The van der Waals surface area contributed by atoms with Gasteiger partial charge in [-0.2, -0.15) is 0 Å². The third-order valence-corrected chi connectivity index (χ3v) is 16.1. The topological polar surface area (TPSA) is 111 Å². The predicted octanol–water partition coefficient (Wildman–Crippen LogP) is 22.9. The number of ether oxygens (including phenoxy) is 4. The van der Waals surface area contributed by atoms with Crippen LogP contribution in [0.3, 0.4) is 0 Å². The predicted molar refractivity (Wildman–Crippen MR) is 398 cm³/mol. The van der Waals surface area contributed by atoms with Gasteiger partial charge in [0.15, 0.2) is 12.4 Å². The van der Waals surface area contributed by atoms with Gasteiger partial charge in [0.25, 0.3) is 0 Å². The Labute approximate surface area is 572 Å². The van der Waals surface area contributed by atoms with E-state index >= 15 is 0 Å². The maximum Gasteiger partial charge on any atom is 0.306 e. The second-order valence-corrected chi connectivity index (χ2v) is 26.2. The number of carboxylic acids is 1. The number of unbranched alkanes of at least 4 members (excludes halogenated alkanes) is 30. The number of carbonyl (C=O) groups excluding carboxylic acids is 3. The van der Waals surface area contributed by atoms with Crippen LogP contribution in [0.5, 0.6) is 0 Å². The molecule has 0 fully saturated rings. The van der Waals surface area contributed by atoms with Crippen molar-refractivity contribution < 1.29 is 42.9 Å². The summed E-state index contributed by atoms with van der Waals surface area (Å²) in [5.41, 5.74) is 0. The molecule has 0 saturated heterocycles. The lowest BCUT2D eigenvalue weighted by Gasteiger charge is -2.26. The van der Waals surface area contributed by atoms with Crippen molar-refractivity contribution in [1.29, 1.82) is 0 Å². The fraction of sp³-hybridized carbons (Fsp3) is 0.679. The van der Waals surface area contributed by atoms with E-state index in [4.69, 9.17) is 18.9 Å². The number of esters is 2. The van der Waals surface area contributed by atoms with Crippen LogP contribution in [0.2, 0.25) is 0 Å². The van der Waals surface area contributed by atoms with E-state index in [1.165, 1.54) is 167 Å².